The van der Waals surface area contributed by atoms with E-state index in [-0.39, 0.29) is 24.0 Å². The molecule has 0 saturated carbocycles. The van der Waals surface area contributed by atoms with Crippen molar-refractivity contribution in [1.82, 2.24) is 0 Å². The van der Waals surface area contributed by atoms with Gasteiger partial charge in [0.25, 0.3) is 0 Å². The molecule has 0 radical (unpaired) electrons. The Labute approximate surface area is 179 Å². The zero-order valence-corrected chi connectivity index (χ0v) is 18.2. The van der Waals surface area contributed by atoms with Crippen molar-refractivity contribution in [2.45, 2.75) is 26.4 Å². The highest BCUT2D eigenvalue weighted by Crippen LogP contribution is 2.09. The first-order valence-electron chi connectivity index (χ1n) is 9.13. The number of rotatable bonds is 11. The van der Waals surface area contributed by atoms with Crippen LogP contribution in [0.15, 0.2) is 59.6 Å². The third kappa shape index (κ3) is 10.3. The molecular weight excluding hydrogens is 453 g/mol. The molecule has 6 heteroatoms. The maximum Gasteiger partial charge on any atom is 0.193 e. The molecule has 5 nitrogen and oxygen atoms in total. The van der Waals surface area contributed by atoms with Gasteiger partial charge in [-0.3, -0.25) is 4.99 Å². The second-order valence-corrected chi connectivity index (χ2v) is 5.95. The van der Waals surface area contributed by atoms with E-state index in [0.29, 0.717) is 38.9 Å². The molecule has 3 N–H and O–H groups in total. The molecule has 2 aromatic carbocycles. The molecular formula is C21H30IN3O2. The largest absolute Gasteiger partial charge is 0.379 e. The predicted octanol–water partition coefficient (Wildman–Crippen LogP) is 4.22. The lowest BCUT2D eigenvalue weighted by atomic mass is 10.1. The van der Waals surface area contributed by atoms with Crippen LogP contribution in [0, 0.1) is 0 Å². The fraction of sp³-hybridized carbons (Fsp3) is 0.381. The standard InChI is InChI=1S/C21H29N3O2.HI/c1-2-18-9-11-20(12-10-18)24-21(22)23-13-6-14-25-15-16-26-17-19-7-4-3-5-8-19;/h3-5,7-12H,2,6,13-17H2,1H3,(H3,22,23,24);1H. The highest BCUT2D eigenvalue weighted by molar-refractivity contribution is 14.0. The molecule has 0 unspecified atom stereocenters. The quantitative estimate of drug-likeness (QED) is 0.218. The van der Waals surface area contributed by atoms with Crippen molar-refractivity contribution in [2.24, 2.45) is 10.7 Å². The second kappa shape index (κ2) is 14.4. The van der Waals surface area contributed by atoms with Gasteiger partial charge in [-0.2, -0.15) is 0 Å². The lowest BCUT2D eigenvalue weighted by Crippen LogP contribution is -2.23. The molecule has 0 amide bonds. The topological polar surface area (TPSA) is 68.9 Å². The van der Waals surface area contributed by atoms with Crippen LogP contribution in [0.3, 0.4) is 0 Å². The van der Waals surface area contributed by atoms with Gasteiger partial charge in [0.15, 0.2) is 5.96 Å². The highest BCUT2D eigenvalue weighted by Gasteiger charge is 1.96. The average molecular weight is 483 g/mol. The first kappa shape index (κ1) is 23.4. The van der Waals surface area contributed by atoms with E-state index in [9.17, 15) is 0 Å². The Morgan fingerprint density at radius 2 is 1.63 bits per heavy atom. The summed E-state index contributed by atoms with van der Waals surface area (Å²) in [6.07, 6.45) is 1.86. The Balaban J connectivity index is 0.00000364. The number of halogens is 1. The zero-order valence-electron chi connectivity index (χ0n) is 15.9. The van der Waals surface area contributed by atoms with Gasteiger partial charge in [-0.15, -0.1) is 24.0 Å². The minimum absolute atomic E-state index is 0. The average Bonchev–Trinajstić information content (AvgIpc) is 2.68. The SMILES string of the molecule is CCc1ccc(NC(N)=NCCCOCCOCc2ccccc2)cc1.I. The van der Waals surface area contributed by atoms with Crippen molar-refractivity contribution in [3.05, 3.63) is 65.7 Å². The number of ether oxygens (including phenoxy) is 2. The van der Waals surface area contributed by atoms with Crippen molar-refractivity contribution >= 4 is 35.6 Å². The summed E-state index contributed by atoms with van der Waals surface area (Å²) in [7, 11) is 0. The Morgan fingerprint density at radius 1 is 0.926 bits per heavy atom. The van der Waals surface area contributed by atoms with E-state index in [2.05, 4.69) is 41.5 Å². The molecule has 0 aliphatic carbocycles. The first-order chi connectivity index (χ1) is 12.8. The van der Waals surface area contributed by atoms with Gasteiger partial charge in [0, 0.05) is 18.8 Å². The summed E-state index contributed by atoms with van der Waals surface area (Å²) in [4.78, 5) is 4.31. The van der Waals surface area contributed by atoms with Gasteiger partial charge in [-0.25, -0.2) is 0 Å². The minimum Gasteiger partial charge on any atom is -0.379 e. The molecule has 0 fully saturated rings. The van der Waals surface area contributed by atoms with Crippen LogP contribution in [0.25, 0.3) is 0 Å². The molecule has 0 aliphatic heterocycles. The summed E-state index contributed by atoms with van der Waals surface area (Å²) in [5.41, 5.74) is 9.32. The third-order valence-corrected chi connectivity index (χ3v) is 3.85. The summed E-state index contributed by atoms with van der Waals surface area (Å²) >= 11 is 0. The highest BCUT2D eigenvalue weighted by atomic mass is 127. The predicted molar refractivity (Wildman–Crippen MR) is 123 cm³/mol. The van der Waals surface area contributed by atoms with Crippen LogP contribution in [0.5, 0.6) is 0 Å². The number of aryl methyl sites for hydroxylation is 1. The summed E-state index contributed by atoms with van der Waals surface area (Å²) in [5.74, 6) is 0.431. The van der Waals surface area contributed by atoms with E-state index in [1.807, 2.05) is 30.3 Å². The fourth-order valence-electron chi connectivity index (χ4n) is 2.36. The smallest absolute Gasteiger partial charge is 0.193 e. The van der Waals surface area contributed by atoms with Crippen molar-refractivity contribution in [2.75, 3.05) is 31.7 Å². The van der Waals surface area contributed by atoms with Crippen LogP contribution in [-0.4, -0.2) is 32.3 Å². The first-order valence-corrected chi connectivity index (χ1v) is 9.13. The number of nitrogens with two attached hydrogens (primary N) is 1. The molecule has 0 spiro atoms. The zero-order chi connectivity index (χ0) is 18.5. The lowest BCUT2D eigenvalue weighted by molar-refractivity contribution is 0.0403. The number of guanidine groups is 1. The van der Waals surface area contributed by atoms with E-state index in [4.69, 9.17) is 15.2 Å². The molecule has 0 aromatic heterocycles. The maximum atomic E-state index is 5.89. The van der Waals surface area contributed by atoms with Gasteiger partial charge in [-0.05, 0) is 36.1 Å². The van der Waals surface area contributed by atoms with Crippen molar-refractivity contribution in [1.29, 1.82) is 0 Å². The molecule has 0 atom stereocenters. The second-order valence-electron chi connectivity index (χ2n) is 5.95. The van der Waals surface area contributed by atoms with Crippen LogP contribution >= 0.6 is 24.0 Å². The monoisotopic (exact) mass is 483 g/mol. The summed E-state index contributed by atoms with van der Waals surface area (Å²) < 4.78 is 11.1. The number of nitrogens with zero attached hydrogens (tertiary/aromatic N) is 1. The van der Waals surface area contributed by atoms with Gasteiger partial charge in [-0.1, -0.05) is 49.4 Å². The lowest BCUT2D eigenvalue weighted by Gasteiger charge is -2.07. The normalized spacial score (nSPS) is 11.1. The number of benzene rings is 2. The Hall–Kier alpha value is -1.64. The van der Waals surface area contributed by atoms with E-state index in [0.717, 1.165) is 18.5 Å². The number of hydrogen-bond donors (Lipinski definition) is 2. The molecule has 27 heavy (non-hydrogen) atoms. The molecule has 0 heterocycles. The molecule has 0 bridgehead atoms. The molecule has 2 aromatic rings. The summed E-state index contributed by atoms with van der Waals surface area (Å²) in [6, 6.07) is 18.3. The van der Waals surface area contributed by atoms with Crippen LogP contribution < -0.4 is 11.1 Å². The fourth-order valence-corrected chi connectivity index (χ4v) is 2.36. The van der Waals surface area contributed by atoms with Crippen LogP contribution in [-0.2, 0) is 22.5 Å². The van der Waals surface area contributed by atoms with E-state index in [1.54, 1.807) is 0 Å². The van der Waals surface area contributed by atoms with Crippen molar-refractivity contribution in [3.8, 4) is 0 Å². The van der Waals surface area contributed by atoms with Crippen molar-refractivity contribution in [3.63, 3.8) is 0 Å². The maximum absolute atomic E-state index is 5.89. The van der Waals surface area contributed by atoms with E-state index >= 15 is 0 Å². The summed E-state index contributed by atoms with van der Waals surface area (Å²) in [6.45, 7) is 5.22. The molecule has 148 valence electrons. The van der Waals surface area contributed by atoms with E-state index in [1.165, 1.54) is 11.1 Å². The third-order valence-electron chi connectivity index (χ3n) is 3.85. The number of aliphatic imine (C=N–C) groups is 1. The van der Waals surface area contributed by atoms with Gasteiger partial charge in [0.05, 0.1) is 19.8 Å². The van der Waals surface area contributed by atoms with Gasteiger partial charge < -0.3 is 20.5 Å². The van der Waals surface area contributed by atoms with Gasteiger partial charge in [0.2, 0.25) is 0 Å². The van der Waals surface area contributed by atoms with Gasteiger partial charge >= 0.3 is 0 Å². The molecule has 2 rings (SSSR count). The molecule has 0 aliphatic rings. The Bertz CT molecular complexity index is 648. The van der Waals surface area contributed by atoms with Crippen molar-refractivity contribution < 1.29 is 9.47 Å². The Morgan fingerprint density at radius 3 is 2.33 bits per heavy atom. The van der Waals surface area contributed by atoms with Gasteiger partial charge in [0.1, 0.15) is 0 Å². The number of anilines is 1. The number of hydrogen-bond acceptors (Lipinski definition) is 3. The minimum atomic E-state index is 0. The van der Waals surface area contributed by atoms with E-state index < -0.39 is 0 Å². The molecule has 0 saturated heterocycles. The number of nitrogens with one attached hydrogen (secondary N) is 1. The van der Waals surface area contributed by atoms with Crippen LogP contribution in [0.4, 0.5) is 5.69 Å². The van der Waals surface area contributed by atoms with Crippen LogP contribution in [0.2, 0.25) is 0 Å². The Kier molecular flexibility index (Phi) is 12.5. The van der Waals surface area contributed by atoms with Crippen LogP contribution in [0.1, 0.15) is 24.5 Å². The summed E-state index contributed by atoms with van der Waals surface area (Å²) in [5, 5.41) is 3.09.